The maximum atomic E-state index is 12.7. The van der Waals surface area contributed by atoms with Crippen molar-refractivity contribution in [1.29, 1.82) is 0 Å². The molecule has 1 N–H and O–H groups in total. The molecule has 1 unspecified atom stereocenters. The number of amides is 1. The average Bonchev–Trinajstić information content (AvgIpc) is 3.33. The van der Waals surface area contributed by atoms with E-state index in [9.17, 15) is 13.2 Å². The Hall–Kier alpha value is -2.36. The van der Waals surface area contributed by atoms with Crippen molar-refractivity contribution in [3.63, 3.8) is 0 Å². The van der Waals surface area contributed by atoms with Crippen LogP contribution in [-0.4, -0.2) is 63.3 Å². The summed E-state index contributed by atoms with van der Waals surface area (Å²) < 4.78 is 37.0. The summed E-state index contributed by atoms with van der Waals surface area (Å²) in [4.78, 5) is 14.9. The molecule has 1 saturated heterocycles. The van der Waals surface area contributed by atoms with Crippen LogP contribution in [0.1, 0.15) is 28.6 Å². The van der Waals surface area contributed by atoms with Crippen molar-refractivity contribution >= 4 is 21.6 Å². The third kappa shape index (κ3) is 4.38. The van der Waals surface area contributed by atoms with Gasteiger partial charge in [0.15, 0.2) is 0 Å². The van der Waals surface area contributed by atoms with Gasteiger partial charge in [0.05, 0.1) is 37.3 Å². The topological polar surface area (TPSA) is 92.1 Å². The molecule has 30 heavy (non-hydrogen) atoms. The number of nitrogens with one attached hydrogen (secondary N) is 1. The highest BCUT2D eigenvalue weighted by Crippen LogP contribution is 2.33. The standard InChI is InChI=1S/C21H27N3O5S/c1-16-14-17-4-2-3-5-19(17)24(16)15-20-18(6-10-29-20)21(25)22-7-13-30(26,27)23-8-11-28-12-9-23/h2-6,10,16H,7-9,11-15H2,1H3,(H,22,25). The maximum absolute atomic E-state index is 12.7. The van der Waals surface area contributed by atoms with E-state index in [1.54, 1.807) is 6.07 Å². The van der Waals surface area contributed by atoms with Crippen molar-refractivity contribution in [2.45, 2.75) is 25.9 Å². The minimum atomic E-state index is -3.41. The van der Waals surface area contributed by atoms with Crippen LogP contribution in [0.2, 0.25) is 0 Å². The third-order valence-corrected chi connectivity index (χ3v) is 7.53. The SMILES string of the molecule is CC1Cc2ccccc2N1Cc1occc1C(=O)NCCS(=O)(=O)N1CCOCC1. The molecule has 4 rings (SSSR count). The second kappa shape index (κ2) is 8.79. The van der Waals surface area contributed by atoms with Crippen LogP contribution in [0, 0.1) is 0 Å². The Morgan fingerprint density at radius 1 is 1.20 bits per heavy atom. The largest absolute Gasteiger partial charge is 0.467 e. The lowest BCUT2D eigenvalue weighted by Gasteiger charge is -2.26. The minimum absolute atomic E-state index is 0.0477. The van der Waals surface area contributed by atoms with Crippen molar-refractivity contribution in [3.8, 4) is 0 Å². The predicted molar refractivity (Wildman–Crippen MR) is 113 cm³/mol. The average molecular weight is 434 g/mol. The summed E-state index contributed by atoms with van der Waals surface area (Å²) in [7, 11) is -3.41. The number of hydrogen-bond donors (Lipinski definition) is 1. The van der Waals surface area contributed by atoms with Gasteiger partial charge in [0.1, 0.15) is 5.76 Å². The molecule has 2 aromatic rings. The molecule has 1 amide bonds. The summed E-state index contributed by atoms with van der Waals surface area (Å²) in [5, 5.41) is 2.72. The number of carbonyl (C=O) groups excluding carboxylic acids is 1. The molecule has 1 aromatic heterocycles. The van der Waals surface area contributed by atoms with Gasteiger partial charge >= 0.3 is 0 Å². The zero-order valence-electron chi connectivity index (χ0n) is 17.0. The summed E-state index contributed by atoms with van der Waals surface area (Å²) in [5.41, 5.74) is 2.88. The molecule has 0 bridgehead atoms. The Labute approximate surface area is 176 Å². The van der Waals surface area contributed by atoms with Crippen LogP contribution in [0.3, 0.4) is 0 Å². The normalized spacial score (nSPS) is 19.6. The van der Waals surface area contributed by atoms with Crippen LogP contribution in [0.5, 0.6) is 0 Å². The van der Waals surface area contributed by atoms with E-state index in [1.165, 1.54) is 16.1 Å². The van der Waals surface area contributed by atoms with Gasteiger partial charge in [0.2, 0.25) is 10.0 Å². The summed E-state index contributed by atoms with van der Waals surface area (Å²) in [5.74, 6) is 0.116. The lowest BCUT2D eigenvalue weighted by Crippen LogP contribution is -2.43. The number of ether oxygens (including phenoxy) is 1. The molecule has 1 aromatic carbocycles. The van der Waals surface area contributed by atoms with Crippen LogP contribution in [-0.2, 0) is 27.7 Å². The van der Waals surface area contributed by atoms with E-state index < -0.39 is 10.0 Å². The van der Waals surface area contributed by atoms with Crippen molar-refractivity contribution in [1.82, 2.24) is 9.62 Å². The maximum Gasteiger partial charge on any atom is 0.254 e. The number of nitrogens with zero attached hydrogens (tertiary/aromatic N) is 2. The summed E-state index contributed by atoms with van der Waals surface area (Å²) >= 11 is 0. The third-order valence-electron chi connectivity index (χ3n) is 5.66. The Morgan fingerprint density at radius 3 is 2.77 bits per heavy atom. The fraction of sp³-hybridized carbons (Fsp3) is 0.476. The quantitative estimate of drug-likeness (QED) is 0.714. The monoisotopic (exact) mass is 433 g/mol. The van der Waals surface area contributed by atoms with Gasteiger partial charge in [-0.25, -0.2) is 8.42 Å². The van der Waals surface area contributed by atoms with Gasteiger partial charge in [-0.2, -0.15) is 4.31 Å². The van der Waals surface area contributed by atoms with Gasteiger partial charge in [0.25, 0.3) is 5.91 Å². The second-order valence-corrected chi connectivity index (χ2v) is 9.74. The molecular weight excluding hydrogens is 406 g/mol. The number of hydrogen-bond acceptors (Lipinski definition) is 6. The second-order valence-electron chi connectivity index (χ2n) is 7.65. The molecule has 1 fully saturated rings. The van der Waals surface area contributed by atoms with Gasteiger partial charge < -0.3 is 19.4 Å². The molecule has 0 spiro atoms. The molecular formula is C21H27N3O5S. The van der Waals surface area contributed by atoms with E-state index in [1.807, 2.05) is 12.1 Å². The first-order valence-electron chi connectivity index (χ1n) is 10.2. The number of carbonyl (C=O) groups is 1. The summed E-state index contributed by atoms with van der Waals surface area (Å²) in [6.07, 6.45) is 2.46. The predicted octanol–water partition coefficient (Wildman–Crippen LogP) is 1.62. The highest BCUT2D eigenvalue weighted by atomic mass is 32.2. The van der Waals surface area contributed by atoms with Gasteiger partial charge in [-0.1, -0.05) is 18.2 Å². The van der Waals surface area contributed by atoms with E-state index in [0.717, 1.165) is 12.1 Å². The molecule has 0 saturated carbocycles. The lowest BCUT2D eigenvalue weighted by molar-refractivity contribution is 0.0730. The molecule has 1 atom stereocenters. The zero-order valence-corrected chi connectivity index (χ0v) is 17.9. The first-order chi connectivity index (χ1) is 14.5. The number of sulfonamides is 1. The van der Waals surface area contributed by atoms with Crippen LogP contribution >= 0.6 is 0 Å². The van der Waals surface area contributed by atoms with Gasteiger partial charge in [-0.05, 0) is 31.0 Å². The fourth-order valence-corrected chi connectivity index (χ4v) is 5.36. The number of benzene rings is 1. The highest BCUT2D eigenvalue weighted by Gasteiger charge is 2.28. The van der Waals surface area contributed by atoms with Gasteiger partial charge in [-0.15, -0.1) is 0 Å². The minimum Gasteiger partial charge on any atom is -0.467 e. The highest BCUT2D eigenvalue weighted by molar-refractivity contribution is 7.89. The zero-order chi connectivity index (χ0) is 21.1. The van der Waals surface area contributed by atoms with Crippen molar-refractivity contribution in [3.05, 3.63) is 53.5 Å². The summed E-state index contributed by atoms with van der Waals surface area (Å²) in [6, 6.07) is 10.2. The molecule has 162 valence electrons. The van der Waals surface area contributed by atoms with Crippen molar-refractivity contribution < 1.29 is 22.4 Å². The first-order valence-corrected chi connectivity index (χ1v) is 11.8. The Kier molecular flexibility index (Phi) is 6.12. The lowest BCUT2D eigenvalue weighted by atomic mass is 10.1. The van der Waals surface area contributed by atoms with Crippen molar-refractivity contribution in [2.75, 3.05) is 43.5 Å². The Balaban J connectivity index is 1.37. The number of morpholine rings is 1. The van der Waals surface area contributed by atoms with Crippen LogP contribution in [0.4, 0.5) is 5.69 Å². The van der Waals surface area contributed by atoms with E-state index in [-0.39, 0.29) is 18.2 Å². The summed E-state index contributed by atoms with van der Waals surface area (Å²) in [6.45, 7) is 4.21. The van der Waals surface area contributed by atoms with E-state index in [0.29, 0.717) is 50.2 Å². The van der Waals surface area contributed by atoms with Gasteiger partial charge in [0, 0.05) is 31.4 Å². The molecule has 0 radical (unpaired) electrons. The number of furan rings is 1. The number of para-hydroxylation sites is 1. The van der Waals surface area contributed by atoms with E-state index in [2.05, 4.69) is 29.3 Å². The van der Waals surface area contributed by atoms with Crippen molar-refractivity contribution in [2.24, 2.45) is 0 Å². The first kappa shape index (κ1) is 20.9. The van der Waals surface area contributed by atoms with Crippen LogP contribution in [0.15, 0.2) is 41.0 Å². The van der Waals surface area contributed by atoms with Crippen LogP contribution < -0.4 is 10.2 Å². The van der Waals surface area contributed by atoms with E-state index in [4.69, 9.17) is 9.15 Å². The number of rotatable bonds is 7. The Morgan fingerprint density at radius 2 is 1.97 bits per heavy atom. The number of anilines is 1. The number of fused-ring (bicyclic) bond motifs is 1. The molecule has 8 nitrogen and oxygen atoms in total. The smallest absolute Gasteiger partial charge is 0.254 e. The molecule has 2 aliphatic rings. The van der Waals surface area contributed by atoms with E-state index >= 15 is 0 Å². The van der Waals surface area contributed by atoms with Crippen LogP contribution in [0.25, 0.3) is 0 Å². The fourth-order valence-electron chi connectivity index (χ4n) is 4.03. The van der Waals surface area contributed by atoms with Gasteiger partial charge in [-0.3, -0.25) is 4.79 Å². The molecule has 2 aliphatic heterocycles. The molecule has 9 heteroatoms. The molecule has 3 heterocycles. The Bertz CT molecular complexity index is 998. The molecule has 0 aliphatic carbocycles.